The van der Waals surface area contributed by atoms with E-state index < -0.39 is 12.1 Å². The molecule has 0 heterocycles. The molecule has 0 aromatic heterocycles. The van der Waals surface area contributed by atoms with E-state index in [1.807, 2.05) is 0 Å². The van der Waals surface area contributed by atoms with Crippen LogP contribution >= 0.6 is 0 Å². The zero-order valence-electron chi connectivity index (χ0n) is 13.8. The van der Waals surface area contributed by atoms with Crippen molar-refractivity contribution in [1.29, 1.82) is 0 Å². The van der Waals surface area contributed by atoms with Crippen LogP contribution in [-0.4, -0.2) is 31.7 Å². The van der Waals surface area contributed by atoms with Gasteiger partial charge in [-0.1, -0.05) is 6.07 Å². The summed E-state index contributed by atoms with van der Waals surface area (Å²) in [7, 11) is 1.27. The van der Waals surface area contributed by atoms with Gasteiger partial charge in [-0.25, -0.2) is 9.18 Å². The number of ether oxygens (including phenoxy) is 3. The molecule has 0 spiro atoms. The molecule has 0 saturated heterocycles. The molecule has 0 aliphatic heterocycles. The third-order valence-electron chi connectivity index (χ3n) is 3.18. The molecule has 1 atom stereocenters. The molecule has 7 heteroatoms. The van der Waals surface area contributed by atoms with E-state index in [2.05, 4.69) is 10.1 Å². The Hall–Kier alpha value is -3.09. The second kappa shape index (κ2) is 8.68. The zero-order valence-corrected chi connectivity index (χ0v) is 13.8. The Labute approximate surface area is 144 Å². The molecule has 6 nitrogen and oxygen atoms in total. The maximum atomic E-state index is 12.9. The number of carbonyl (C=O) groups is 2. The highest BCUT2D eigenvalue weighted by Gasteiger charge is 2.15. The molecular formula is C18H18FNO5. The SMILES string of the molecule is COC(=O)COc1cccc(NC(=O)C(C)Oc2ccc(F)cc2)c1. The van der Waals surface area contributed by atoms with Gasteiger partial charge in [0.1, 0.15) is 17.3 Å². The molecule has 132 valence electrons. The van der Waals surface area contributed by atoms with Crippen LogP contribution in [0.25, 0.3) is 0 Å². The third-order valence-corrected chi connectivity index (χ3v) is 3.18. The summed E-state index contributed by atoms with van der Waals surface area (Å²) < 4.78 is 28.1. The van der Waals surface area contributed by atoms with Crippen LogP contribution in [0.1, 0.15) is 6.92 Å². The van der Waals surface area contributed by atoms with Gasteiger partial charge in [0.15, 0.2) is 12.7 Å². The highest BCUT2D eigenvalue weighted by atomic mass is 19.1. The van der Waals surface area contributed by atoms with Gasteiger partial charge >= 0.3 is 5.97 Å². The van der Waals surface area contributed by atoms with E-state index in [1.54, 1.807) is 31.2 Å². The van der Waals surface area contributed by atoms with Crippen molar-refractivity contribution in [3.8, 4) is 11.5 Å². The monoisotopic (exact) mass is 347 g/mol. The Morgan fingerprint density at radius 2 is 1.84 bits per heavy atom. The molecule has 0 aliphatic rings. The minimum atomic E-state index is -0.787. The van der Waals surface area contributed by atoms with Crippen molar-refractivity contribution in [2.75, 3.05) is 19.0 Å². The van der Waals surface area contributed by atoms with E-state index in [-0.39, 0.29) is 18.3 Å². The summed E-state index contributed by atoms with van der Waals surface area (Å²) in [6, 6.07) is 12.0. The lowest BCUT2D eigenvalue weighted by Gasteiger charge is -2.15. The number of benzene rings is 2. The molecule has 2 aromatic rings. The molecule has 0 radical (unpaired) electrons. The summed E-state index contributed by atoms with van der Waals surface area (Å²) in [6.07, 6.45) is -0.787. The Kier molecular flexibility index (Phi) is 6.33. The minimum absolute atomic E-state index is 0.224. The van der Waals surface area contributed by atoms with Crippen molar-refractivity contribution in [3.05, 3.63) is 54.3 Å². The van der Waals surface area contributed by atoms with Crippen LogP contribution in [0.2, 0.25) is 0 Å². The van der Waals surface area contributed by atoms with Crippen molar-refractivity contribution in [2.24, 2.45) is 0 Å². The summed E-state index contributed by atoms with van der Waals surface area (Å²) >= 11 is 0. The molecule has 0 aliphatic carbocycles. The normalized spacial score (nSPS) is 11.3. The molecule has 0 saturated carbocycles. The predicted molar refractivity (Wildman–Crippen MR) is 89.1 cm³/mol. The van der Waals surface area contributed by atoms with E-state index in [0.717, 1.165) is 0 Å². The summed E-state index contributed by atoms with van der Waals surface area (Å²) in [5.41, 5.74) is 0.488. The first-order valence-electron chi connectivity index (χ1n) is 7.50. The van der Waals surface area contributed by atoms with E-state index in [1.165, 1.54) is 31.4 Å². The van der Waals surface area contributed by atoms with Crippen molar-refractivity contribution in [3.63, 3.8) is 0 Å². The Morgan fingerprint density at radius 1 is 1.12 bits per heavy atom. The molecule has 1 amide bonds. The number of rotatable bonds is 7. The lowest BCUT2D eigenvalue weighted by atomic mass is 10.2. The second-order valence-electron chi connectivity index (χ2n) is 5.10. The standard InChI is InChI=1S/C18H18FNO5/c1-12(25-15-8-6-13(19)7-9-15)18(22)20-14-4-3-5-16(10-14)24-11-17(21)23-2/h3-10,12H,11H2,1-2H3,(H,20,22). The number of esters is 1. The maximum Gasteiger partial charge on any atom is 0.343 e. The molecule has 1 N–H and O–H groups in total. The zero-order chi connectivity index (χ0) is 18.2. The van der Waals surface area contributed by atoms with Gasteiger partial charge in [-0.3, -0.25) is 4.79 Å². The van der Waals surface area contributed by atoms with Gasteiger partial charge in [-0.15, -0.1) is 0 Å². The van der Waals surface area contributed by atoms with E-state index >= 15 is 0 Å². The molecule has 2 rings (SSSR count). The van der Waals surface area contributed by atoms with Crippen molar-refractivity contribution in [1.82, 2.24) is 0 Å². The molecule has 25 heavy (non-hydrogen) atoms. The van der Waals surface area contributed by atoms with Crippen LogP contribution < -0.4 is 14.8 Å². The van der Waals surface area contributed by atoms with Crippen molar-refractivity contribution >= 4 is 17.6 Å². The number of halogens is 1. The third kappa shape index (κ3) is 5.80. The van der Waals surface area contributed by atoms with Crippen LogP contribution in [-0.2, 0) is 14.3 Å². The Morgan fingerprint density at radius 3 is 2.52 bits per heavy atom. The van der Waals surface area contributed by atoms with Crippen LogP contribution in [0, 0.1) is 5.82 Å². The Balaban J connectivity index is 1.92. The number of nitrogens with one attached hydrogen (secondary N) is 1. The fraction of sp³-hybridized carbons (Fsp3) is 0.222. The predicted octanol–water partition coefficient (Wildman–Crippen LogP) is 2.78. The average molecular weight is 347 g/mol. The topological polar surface area (TPSA) is 73.9 Å². The number of hydrogen-bond acceptors (Lipinski definition) is 5. The van der Waals surface area contributed by atoms with Gasteiger partial charge < -0.3 is 19.5 Å². The molecule has 0 fully saturated rings. The summed E-state index contributed by atoms with van der Waals surface area (Å²) in [5, 5.41) is 2.68. The average Bonchev–Trinajstić information content (AvgIpc) is 2.61. The van der Waals surface area contributed by atoms with Crippen molar-refractivity contribution < 1.29 is 28.2 Å². The van der Waals surface area contributed by atoms with E-state index in [0.29, 0.717) is 17.2 Å². The molecule has 1 unspecified atom stereocenters. The molecule has 0 bridgehead atoms. The van der Waals surface area contributed by atoms with Gasteiger partial charge in [-0.2, -0.15) is 0 Å². The number of carbonyl (C=O) groups excluding carboxylic acids is 2. The quantitative estimate of drug-likeness (QED) is 0.780. The largest absolute Gasteiger partial charge is 0.482 e. The van der Waals surface area contributed by atoms with Crippen LogP contribution in [0.3, 0.4) is 0 Å². The van der Waals surface area contributed by atoms with E-state index in [9.17, 15) is 14.0 Å². The molecular weight excluding hydrogens is 329 g/mol. The molecule has 2 aromatic carbocycles. The number of amides is 1. The van der Waals surface area contributed by atoms with Crippen LogP contribution in [0.4, 0.5) is 10.1 Å². The summed E-state index contributed by atoms with van der Waals surface area (Å²) in [4.78, 5) is 23.3. The van der Waals surface area contributed by atoms with Crippen LogP contribution in [0.5, 0.6) is 11.5 Å². The fourth-order valence-electron chi connectivity index (χ4n) is 1.88. The first kappa shape index (κ1) is 18.3. The lowest BCUT2D eigenvalue weighted by molar-refractivity contribution is -0.142. The van der Waals surface area contributed by atoms with Gasteiger partial charge in [0.25, 0.3) is 5.91 Å². The fourth-order valence-corrected chi connectivity index (χ4v) is 1.88. The van der Waals surface area contributed by atoms with Gasteiger partial charge in [0.2, 0.25) is 0 Å². The van der Waals surface area contributed by atoms with Gasteiger partial charge in [-0.05, 0) is 43.3 Å². The number of hydrogen-bond donors (Lipinski definition) is 1. The first-order valence-corrected chi connectivity index (χ1v) is 7.50. The van der Waals surface area contributed by atoms with Gasteiger partial charge in [0.05, 0.1) is 7.11 Å². The smallest absolute Gasteiger partial charge is 0.343 e. The summed E-state index contributed by atoms with van der Waals surface area (Å²) in [6.45, 7) is 1.36. The highest BCUT2D eigenvalue weighted by Crippen LogP contribution is 2.18. The lowest BCUT2D eigenvalue weighted by Crippen LogP contribution is -2.30. The van der Waals surface area contributed by atoms with Gasteiger partial charge in [0, 0.05) is 11.8 Å². The number of methoxy groups -OCH3 is 1. The Bertz CT molecular complexity index is 733. The highest BCUT2D eigenvalue weighted by molar-refractivity contribution is 5.94. The number of anilines is 1. The summed E-state index contributed by atoms with van der Waals surface area (Å²) in [5.74, 6) is -0.465. The van der Waals surface area contributed by atoms with E-state index in [4.69, 9.17) is 9.47 Å². The van der Waals surface area contributed by atoms with Crippen LogP contribution in [0.15, 0.2) is 48.5 Å². The van der Waals surface area contributed by atoms with Crippen molar-refractivity contribution in [2.45, 2.75) is 13.0 Å². The minimum Gasteiger partial charge on any atom is -0.482 e. The first-order chi connectivity index (χ1) is 12.0. The second-order valence-corrected chi connectivity index (χ2v) is 5.10. The maximum absolute atomic E-state index is 12.9.